The van der Waals surface area contributed by atoms with Crippen LogP contribution in [0.2, 0.25) is 10.0 Å². The van der Waals surface area contributed by atoms with Crippen LogP contribution >= 0.6 is 23.2 Å². The van der Waals surface area contributed by atoms with Crippen LogP contribution < -0.4 is 20.9 Å². The minimum absolute atomic E-state index is 0.484. The van der Waals surface area contributed by atoms with E-state index in [0.29, 0.717) is 21.5 Å². The van der Waals surface area contributed by atoms with E-state index in [1.54, 1.807) is 38.5 Å². The third kappa shape index (κ3) is 3.47. The summed E-state index contributed by atoms with van der Waals surface area (Å²) in [7, 11) is 3.13. The summed E-state index contributed by atoms with van der Waals surface area (Å²) >= 11 is 12.0. The van der Waals surface area contributed by atoms with Gasteiger partial charge in [0.15, 0.2) is 0 Å². The molecule has 2 atom stereocenters. The van der Waals surface area contributed by atoms with Crippen LogP contribution in [-0.4, -0.2) is 14.2 Å². The van der Waals surface area contributed by atoms with E-state index in [-0.39, 0.29) is 0 Å². The maximum absolute atomic E-state index is 6.32. The number of benzene rings is 2. The largest absolute Gasteiger partial charge is 0.496 e. The number of halogens is 2. The van der Waals surface area contributed by atoms with Crippen molar-refractivity contribution in [3.8, 4) is 11.5 Å². The van der Waals surface area contributed by atoms with E-state index in [4.69, 9.17) is 44.1 Å². The molecular formula is C16H18Cl2N2O2. The van der Waals surface area contributed by atoms with Gasteiger partial charge in [0.05, 0.1) is 26.3 Å². The lowest BCUT2D eigenvalue weighted by atomic mass is 9.93. The zero-order valence-electron chi connectivity index (χ0n) is 12.3. The second kappa shape index (κ2) is 7.20. The van der Waals surface area contributed by atoms with Crippen LogP contribution in [-0.2, 0) is 0 Å². The molecule has 0 aromatic heterocycles. The van der Waals surface area contributed by atoms with Gasteiger partial charge in [-0.2, -0.15) is 0 Å². The number of rotatable bonds is 5. The summed E-state index contributed by atoms with van der Waals surface area (Å²) < 4.78 is 10.7. The summed E-state index contributed by atoms with van der Waals surface area (Å²) in [5.74, 6) is 1.20. The highest BCUT2D eigenvalue weighted by atomic mass is 35.5. The first-order valence-corrected chi connectivity index (χ1v) is 7.41. The van der Waals surface area contributed by atoms with Crippen molar-refractivity contribution in [2.75, 3.05) is 14.2 Å². The summed E-state index contributed by atoms with van der Waals surface area (Å²) in [6, 6.07) is 9.59. The van der Waals surface area contributed by atoms with Crippen LogP contribution in [0.15, 0.2) is 36.4 Å². The van der Waals surface area contributed by atoms with Gasteiger partial charge in [-0.3, -0.25) is 0 Å². The Morgan fingerprint density at radius 1 is 0.773 bits per heavy atom. The molecule has 2 aromatic carbocycles. The third-order valence-electron chi connectivity index (χ3n) is 3.50. The second-order valence-corrected chi connectivity index (χ2v) is 5.70. The quantitative estimate of drug-likeness (QED) is 0.870. The summed E-state index contributed by atoms with van der Waals surface area (Å²) in [6.07, 6.45) is 0. The lowest BCUT2D eigenvalue weighted by Gasteiger charge is -2.24. The van der Waals surface area contributed by atoms with Crippen molar-refractivity contribution in [1.82, 2.24) is 0 Å². The Balaban J connectivity index is 2.39. The molecule has 0 amide bonds. The molecule has 0 saturated heterocycles. The Hall–Kier alpha value is -1.46. The molecule has 0 heterocycles. The van der Waals surface area contributed by atoms with Gasteiger partial charge in [-0.1, -0.05) is 35.3 Å². The van der Waals surface area contributed by atoms with Gasteiger partial charge in [0, 0.05) is 21.2 Å². The lowest BCUT2D eigenvalue weighted by molar-refractivity contribution is 0.391. The van der Waals surface area contributed by atoms with Crippen molar-refractivity contribution in [3.05, 3.63) is 57.6 Å². The van der Waals surface area contributed by atoms with E-state index < -0.39 is 12.1 Å². The van der Waals surface area contributed by atoms with Gasteiger partial charge in [0.2, 0.25) is 0 Å². The SMILES string of the molecule is COc1cc(Cl)ccc1C(N)C(N)c1ccc(Cl)cc1OC. The standard InChI is InChI=1S/C16H18Cl2N2O2/c1-21-13-7-9(17)3-5-11(13)15(19)16(20)12-6-4-10(18)8-14(12)22-2/h3-8,15-16H,19-20H2,1-2H3. The first-order chi connectivity index (χ1) is 10.5. The number of hydrogen-bond donors (Lipinski definition) is 2. The van der Waals surface area contributed by atoms with Crippen LogP contribution in [0.25, 0.3) is 0 Å². The molecule has 0 aliphatic heterocycles. The Bertz CT molecular complexity index is 607. The molecule has 22 heavy (non-hydrogen) atoms. The highest BCUT2D eigenvalue weighted by Gasteiger charge is 2.23. The molecule has 2 rings (SSSR count). The van der Waals surface area contributed by atoms with Gasteiger partial charge in [0.1, 0.15) is 11.5 Å². The normalized spacial score (nSPS) is 13.5. The molecule has 0 aliphatic rings. The van der Waals surface area contributed by atoms with E-state index in [0.717, 1.165) is 11.1 Å². The fourth-order valence-electron chi connectivity index (χ4n) is 2.31. The molecule has 0 fully saturated rings. The van der Waals surface area contributed by atoms with Crippen LogP contribution in [0.5, 0.6) is 11.5 Å². The van der Waals surface area contributed by atoms with Crippen LogP contribution in [0.3, 0.4) is 0 Å². The molecule has 4 nitrogen and oxygen atoms in total. The summed E-state index contributed by atoms with van der Waals surface area (Å²) in [6.45, 7) is 0. The highest BCUT2D eigenvalue weighted by molar-refractivity contribution is 6.31. The fraction of sp³-hybridized carbons (Fsp3) is 0.250. The second-order valence-electron chi connectivity index (χ2n) is 4.82. The van der Waals surface area contributed by atoms with Crippen molar-refractivity contribution in [3.63, 3.8) is 0 Å². The number of methoxy groups -OCH3 is 2. The van der Waals surface area contributed by atoms with Gasteiger partial charge in [-0.15, -0.1) is 0 Å². The van der Waals surface area contributed by atoms with E-state index >= 15 is 0 Å². The van der Waals surface area contributed by atoms with Crippen LogP contribution in [0.1, 0.15) is 23.2 Å². The molecule has 0 saturated carbocycles. The summed E-state index contributed by atoms with van der Waals surface area (Å²) in [5, 5.41) is 1.15. The molecule has 0 spiro atoms. The van der Waals surface area contributed by atoms with E-state index in [1.807, 2.05) is 12.1 Å². The van der Waals surface area contributed by atoms with Crippen molar-refractivity contribution < 1.29 is 9.47 Å². The maximum Gasteiger partial charge on any atom is 0.125 e. The van der Waals surface area contributed by atoms with E-state index in [9.17, 15) is 0 Å². The highest BCUT2D eigenvalue weighted by Crippen LogP contribution is 2.36. The first kappa shape index (κ1) is 16.9. The van der Waals surface area contributed by atoms with Crippen LogP contribution in [0, 0.1) is 0 Å². The van der Waals surface area contributed by atoms with Crippen molar-refractivity contribution in [2.24, 2.45) is 11.5 Å². The molecule has 4 N–H and O–H groups in total. The monoisotopic (exact) mass is 340 g/mol. The first-order valence-electron chi connectivity index (χ1n) is 6.66. The third-order valence-corrected chi connectivity index (χ3v) is 3.97. The van der Waals surface area contributed by atoms with Crippen molar-refractivity contribution in [2.45, 2.75) is 12.1 Å². The predicted octanol–water partition coefficient (Wildman–Crippen LogP) is 3.71. The molecule has 2 aromatic rings. The van der Waals surface area contributed by atoms with Gasteiger partial charge >= 0.3 is 0 Å². The predicted molar refractivity (Wildman–Crippen MR) is 89.9 cm³/mol. The Labute approximate surface area is 139 Å². The molecule has 2 unspecified atom stereocenters. The fourth-order valence-corrected chi connectivity index (χ4v) is 2.63. The Morgan fingerprint density at radius 3 is 1.45 bits per heavy atom. The summed E-state index contributed by atoms with van der Waals surface area (Å²) in [4.78, 5) is 0. The zero-order chi connectivity index (χ0) is 16.3. The maximum atomic E-state index is 6.32. The molecule has 0 aliphatic carbocycles. The van der Waals surface area contributed by atoms with Crippen molar-refractivity contribution >= 4 is 23.2 Å². The lowest BCUT2D eigenvalue weighted by Crippen LogP contribution is -2.27. The summed E-state index contributed by atoms with van der Waals surface area (Å²) in [5.41, 5.74) is 14.2. The van der Waals surface area contributed by atoms with Gasteiger partial charge in [-0.05, 0) is 24.3 Å². The number of nitrogens with two attached hydrogens (primary N) is 2. The minimum Gasteiger partial charge on any atom is -0.496 e. The molecule has 6 heteroatoms. The van der Waals surface area contributed by atoms with Gasteiger partial charge < -0.3 is 20.9 Å². The van der Waals surface area contributed by atoms with E-state index in [1.165, 1.54) is 0 Å². The van der Waals surface area contributed by atoms with Crippen molar-refractivity contribution in [1.29, 1.82) is 0 Å². The average molecular weight is 341 g/mol. The number of hydrogen-bond acceptors (Lipinski definition) is 4. The van der Waals surface area contributed by atoms with Crippen LogP contribution in [0.4, 0.5) is 0 Å². The smallest absolute Gasteiger partial charge is 0.125 e. The molecular weight excluding hydrogens is 323 g/mol. The molecule has 0 bridgehead atoms. The Morgan fingerprint density at radius 2 is 1.14 bits per heavy atom. The zero-order valence-corrected chi connectivity index (χ0v) is 13.9. The molecule has 0 radical (unpaired) electrons. The van der Waals surface area contributed by atoms with Gasteiger partial charge in [-0.25, -0.2) is 0 Å². The minimum atomic E-state index is -0.484. The number of ether oxygens (including phenoxy) is 2. The Kier molecular flexibility index (Phi) is 5.53. The topological polar surface area (TPSA) is 70.5 Å². The van der Waals surface area contributed by atoms with Gasteiger partial charge in [0.25, 0.3) is 0 Å². The van der Waals surface area contributed by atoms with E-state index in [2.05, 4.69) is 0 Å². The molecule has 118 valence electrons. The average Bonchev–Trinajstić information content (AvgIpc) is 2.53.